The second kappa shape index (κ2) is 19.1. The maximum Gasteiger partial charge on any atom is 2.00 e. The molecule has 0 bridgehead atoms. The van der Waals surface area contributed by atoms with E-state index in [9.17, 15) is 10.4 Å². The number of hydrogen-bond acceptors (Lipinski definition) is 5. The number of pyridine rings is 1. The molecule has 7 nitrogen and oxygen atoms in total. The molecular formula is C39H43CoN5O2. The van der Waals surface area contributed by atoms with Gasteiger partial charge in [-0.25, -0.2) is 9.98 Å². The summed E-state index contributed by atoms with van der Waals surface area (Å²) in [6, 6.07) is 29.3. The van der Waals surface area contributed by atoms with Crippen molar-refractivity contribution >= 4 is 35.4 Å². The number of benzene rings is 4. The number of aromatic nitrogens is 1. The predicted octanol–water partition coefficient (Wildman–Crippen LogP) is 10.2. The minimum Gasteiger partial charge on any atom is -0.753 e. The van der Waals surface area contributed by atoms with Crippen molar-refractivity contribution < 1.29 is 16.8 Å². The van der Waals surface area contributed by atoms with Gasteiger partial charge in [0, 0.05) is 23.8 Å². The molecule has 5 aromatic rings. The largest absolute Gasteiger partial charge is 2.00 e. The minimum absolute atomic E-state index is 0. The minimum atomic E-state index is 0. The first-order chi connectivity index (χ1) is 22.0. The fraction of sp³-hybridized carbons (Fsp3) is 0.205. The van der Waals surface area contributed by atoms with Crippen molar-refractivity contribution in [1.29, 1.82) is 0 Å². The predicted molar refractivity (Wildman–Crippen MR) is 196 cm³/mol. The van der Waals surface area contributed by atoms with E-state index in [1.807, 2.05) is 146 Å². The van der Waals surface area contributed by atoms with Gasteiger partial charge in [0.05, 0.1) is 24.1 Å². The molecule has 0 aliphatic rings. The van der Waals surface area contributed by atoms with Crippen LogP contribution >= 0.6 is 0 Å². The average molecular weight is 673 g/mol. The van der Waals surface area contributed by atoms with Crippen LogP contribution < -0.4 is 10.1 Å². The van der Waals surface area contributed by atoms with Crippen LogP contribution in [0.3, 0.4) is 0 Å². The Bertz CT molecular complexity index is 1550. The van der Waals surface area contributed by atoms with Crippen molar-refractivity contribution in [3.63, 3.8) is 0 Å². The molecule has 1 heterocycles. The van der Waals surface area contributed by atoms with E-state index in [0.29, 0.717) is 11.4 Å². The van der Waals surface area contributed by atoms with Crippen LogP contribution in [0.25, 0.3) is 0 Å². The summed E-state index contributed by atoms with van der Waals surface area (Å²) in [6.07, 6.45) is 6.20. The van der Waals surface area contributed by atoms with E-state index in [1.165, 1.54) is 12.7 Å². The van der Waals surface area contributed by atoms with Crippen molar-refractivity contribution in [1.82, 2.24) is 4.98 Å². The zero-order valence-corrected chi connectivity index (χ0v) is 29.4. The van der Waals surface area contributed by atoms with Crippen LogP contribution in [0.1, 0.15) is 44.5 Å². The molecule has 0 fully saturated rings. The van der Waals surface area contributed by atoms with Crippen molar-refractivity contribution in [2.24, 2.45) is 9.98 Å². The van der Waals surface area contributed by atoms with Gasteiger partial charge in [0.25, 0.3) is 0 Å². The van der Waals surface area contributed by atoms with Crippen LogP contribution in [-0.2, 0) is 16.8 Å². The third-order valence-electron chi connectivity index (χ3n) is 7.35. The van der Waals surface area contributed by atoms with E-state index in [2.05, 4.69) is 15.0 Å². The number of hydroxylamine groups is 2. The van der Waals surface area contributed by atoms with Crippen LogP contribution in [0.15, 0.2) is 113 Å². The number of nitrogens with zero attached hydrogens (tertiary/aromatic N) is 5. The summed E-state index contributed by atoms with van der Waals surface area (Å²) in [4.78, 5) is 12.5. The van der Waals surface area contributed by atoms with Gasteiger partial charge >= 0.3 is 16.8 Å². The molecule has 1 aromatic heterocycles. The molecule has 0 aliphatic heterocycles. The number of aliphatic imine (C=N–C) groups is 2. The van der Waals surface area contributed by atoms with Crippen molar-refractivity contribution in [3.8, 4) is 0 Å². The third-order valence-corrected chi connectivity index (χ3v) is 7.35. The smallest absolute Gasteiger partial charge is 0.753 e. The van der Waals surface area contributed by atoms with Crippen molar-refractivity contribution in [2.45, 2.75) is 55.4 Å². The van der Waals surface area contributed by atoms with Crippen molar-refractivity contribution in [2.75, 3.05) is 10.1 Å². The van der Waals surface area contributed by atoms with Gasteiger partial charge in [-0.15, -0.1) is 0 Å². The Morgan fingerprint density at radius 1 is 0.447 bits per heavy atom. The first kappa shape index (κ1) is 38.6. The molecule has 0 spiro atoms. The number of para-hydroxylation sites is 4. The Morgan fingerprint density at radius 2 is 0.723 bits per heavy atom. The summed E-state index contributed by atoms with van der Waals surface area (Å²) in [6.45, 7) is 15.7. The average Bonchev–Trinajstić information content (AvgIpc) is 3.02. The van der Waals surface area contributed by atoms with Crippen LogP contribution in [0.4, 0.5) is 22.7 Å². The van der Waals surface area contributed by atoms with E-state index < -0.39 is 0 Å². The Morgan fingerprint density at radius 3 is 0.957 bits per heavy atom. The summed E-state index contributed by atoms with van der Waals surface area (Å²) in [5.74, 6) is 0. The van der Waals surface area contributed by atoms with Gasteiger partial charge in [-0.2, -0.15) is 0 Å². The number of hydrogen-bond donors (Lipinski definition) is 0. The molecule has 1 radical (unpaired) electrons. The van der Waals surface area contributed by atoms with Gasteiger partial charge < -0.3 is 20.5 Å². The van der Waals surface area contributed by atoms with Gasteiger partial charge in [0.1, 0.15) is 0 Å². The summed E-state index contributed by atoms with van der Waals surface area (Å²) < 4.78 is 0. The molecule has 8 heteroatoms. The molecule has 0 aliphatic carbocycles. The molecule has 0 amide bonds. The molecule has 0 atom stereocenters. The zero-order chi connectivity index (χ0) is 33.6. The SMILES string of the molecule is Cc1cccc(C)c1N=CN([O-])c1c(C)cccc1C.Cc1cccc(C)c1N=CN([O-])c1c(C)cccc1C.[Co+2].c1ccncc1. The summed E-state index contributed by atoms with van der Waals surface area (Å²) in [5, 5.41) is 26.2. The van der Waals surface area contributed by atoms with E-state index in [-0.39, 0.29) is 16.8 Å². The molecule has 245 valence electrons. The van der Waals surface area contributed by atoms with Gasteiger partial charge in [0.2, 0.25) is 0 Å². The van der Waals surface area contributed by atoms with Crippen LogP contribution in [0.2, 0.25) is 0 Å². The Labute approximate surface area is 290 Å². The fourth-order valence-electron chi connectivity index (χ4n) is 4.97. The summed E-state index contributed by atoms with van der Waals surface area (Å²) in [7, 11) is 0. The molecule has 4 aromatic carbocycles. The molecule has 0 N–H and O–H groups in total. The van der Waals surface area contributed by atoms with Crippen LogP contribution in [0.5, 0.6) is 0 Å². The zero-order valence-electron chi connectivity index (χ0n) is 28.4. The number of aryl methyl sites for hydroxylation is 8. The quantitative estimate of drug-likeness (QED) is 0.102. The first-order valence-corrected chi connectivity index (χ1v) is 15.1. The standard InChI is InChI=1S/2C17H19N2O.C5H5N.Co/c2*1-12-7-5-8-13(2)16(12)18-11-19(20)17-14(3)9-6-10-15(17)4;1-2-4-6-5-3-1;/h2*5-11H,1-4H3;1-5H;/q2*-1;;+2. The Kier molecular flexibility index (Phi) is 15.7. The van der Waals surface area contributed by atoms with E-state index in [1.54, 1.807) is 12.4 Å². The number of anilines is 2. The van der Waals surface area contributed by atoms with Crippen LogP contribution in [-0.4, -0.2) is 17.7 Å². The first-order valence-electron chi connectivity index (χ1n) is 15.1. The van der Waals surface area contributed by atoms with Gasteiger partial charge in [-0.1, -0.05) is 78.9 Å². The van der Waals surface area contributed by atoms with Gasteiger partial charge in [0.15, 0.2) is 0 Å². The molecule has 0 unspecified atom stereocenters. The van der Waals surface area contributed by atoms with Gasteiger partial charge in [-0.05, 0) is 112 Å². The topological polar surface area (TPSA) is 90.2 Å². The van der Waals surface area contributed by atoms with Crippen molar-refractivity contribution in [3.05, 3.63) is 158 Å². The molecular weight excluding hydrogens is 629 g/mol. The molecule has 0 saturated carbocycles. The maximum atomic E-state index is 12.2. The van der Waals surface area contributed by atoms with Crippen LogP contribution in [0, 0.1) is 65.8 Å². The molecule has 47 heavy (non-hydrogen) atoms. The molecule has 5 rings (SSSR count). The van der Waals surface area contributed by atoms with E-state index >= 15 is 0 Å². The van der Waals surface area contributed by atoms with E-state index in [0.717, 1.165) is 66.0 Å². The second-order valence-corrected chi connectivity index (χ2v) is 11.1. The van der Waals surface area contributed by atoms with E-state index in [4.69, 9.17) is 0 Å². The maximum absolute atomic E-state index is 12.2. The summed E-state index contributed by atoms with van der Waals surface area (Å²) in [5.41, 5.74) is 11.1. The third kappa shape index (κ3) is 11.3. The fourth-order valence-corrected chi connectivity index (χ4v) is 4.97. The molecule has 0 saturated heterocycles. The monoisotopic (exact) mass is 672 g/mol. The Hall–Kier alpha value is -4.60. The number of rotatable bonds is 6. The Balaban J connectivity index is 0.000000272. The second-order valence-electron chi connectivity index (χ2n) is 11.1. The van der Waals surface area contributed by atoms with Gasteiger partial charge in [-0.3, -0.25) is 4.98 Å². The normalized spacial score (nSPS) is 10.4. The summed E-state index contributed by atoms with van der Waals surface area (Å²) >= 11 is 0.